The van der Waals surface area contributed by atoms with Crippen LogP contribution in [-0.2, 0) is 32.0 Å². The maximum absolute atomic E-state index is 13.6. The van der Waals surface area contributed by atoms with Gasteiger partial charge in [0.25, 0.3) is 0 Å². The molecule has 0 radical (unpaired) electrons. The summed E-state index contributed by atoms with van der Waals surface area (Å²) in [7, 11) is 0. The second kappa shape index (κ2) is 16.5. The minimum Gasteiger partial charge on any atom is -0.480 e. The second-order valence-electron chi connectivity index (χ2n) is 10.0. The first-order valence-corrected chi connectivity index (χ1v) is 15.2. The number of fused-ring (bicyclic) bond motifs is 1. The normalized spacial score (nSPS) is 14.1. The van der Waals surface area contributed by atoms with Crippen LogP contribution in [0, 0.1) is 0 Å². The van der Waals surface area contributed by atoms with Crippen molar-refractivity contribution in [2.45, 2.75) is 62.7 Å². The number of carbonyl (C=O) groups is 4. The number of benzene rings is 1. The van der Waals surface area contributed by atoms with Crippen LogP contribution >= 0.6 is 11.8 Å². The molecule has 14 heteroatoms. The van der Waals surface area contributed by atoms with Crippen LogP contribution in [0.4, 0.5) is 0 Å². The first kappa shape index (κ1) is 32.6. The number of hydrogen-bond acceptors (Lipinski definition) is 8. The lowest BCUT2D eigenvalue weighted by atomic mass is 10.0. The van der Waals surface area contributed by atoms with E-state index in [1.807, 2.05) is 30.5 Å². The van der Waals surface area contributed by atoms with Crippen LogP contribution < -0.4 is 27.4 Å². The van der Waals surface area contributed by atoms with E-state index in [9.17, 15) is 24.3 Å². The van der Waals surface area contributed by atoms with Crippen molar-refractivity contribution in [3.8, 4) is 0 Å². The number of carboxylic acid groups (broad SMARTS) is 1. The van der Waals surface area contributed by atoms with Crippen LogP contribution in [0.1, 0.15) is 36.9 Å². The van der Waals surface area contributed by atoms with Crippen molar-refractivity contribution in [1.29, 1.82) is 0 Å². The fourth-order valence-electron chi connectivity index (χ4n) is 4.53. The molecule has 0 aliphatic carbocycles. The largest absolute Gasteiger partial charge is 0.480 e. The number of aromatic nitrogens is 3. The molecular weight excluding hydrogens is 560 g/mol. The number of hydrogen-bond donors (Lipinski definition) is 8. The zero-order valence-electron chi connectivity index (χ0n) is 23.6. The number of imidazole rings is 1. The summed E-state index contributed by atoms with van der Waals surface area (Å²) in [6, 6.07) is 3.39. The number of rotatable bonds is 18. The number of carbonyl (C=O) groups excluding carboxylic acids is 3. The molecule has 4 atom stereocenters. The molecule has 3 amide bonds. The van der Waals surface area contributed by atoms with E-state index in [-0.39, 0.29) is 25.7 Å². The maximum Gasteiger partial charge on any atom is 0.326 e. The molecule has 0 bridgehead atoms. The van der Waals surface area contributed by atoms with Crippen LogP contribution in [0.25, 0.3) is 10.9 Å². The summed E-state index contributed by atoms with van der Waals surface area (Å²) < 4.78 is 0. The van der Waals surface area contributed by atoms with Gasteiger partial charge in [-0.15, -0.1) is 0 Å². The Kier molecular flexibility index (Phi) is 12.8. The molecule has 0 spiro atoms. The van der Waals surface area contributed by atoms with Crippen LogP contribution in [-0.4, -0.2) is 86.5 Å². The van der Waals surface area contributed by atoms with Crippen molar-refractivity contribution in [2.75, 3.05) is 18.6 Å². The van der Waals surface area contributed by atoms with Crippen molar-refractivity contribution < 1.29 is 24.3 Å². The van der Waals surface area contributed by atoms with E-state index in [0.29, 0.717) is 30.8 Å². The Bertz CT molecular complexity index is 1310. The molecule has 0 saturated heterocycles. The third kappa shape index (κ3) is 9.60. The molecule has 0 aliphatic heterocycles. The van der Waals surface area contributed by atoms with Crippen LogP contribution in [0.2, 0.25) is 0 Å². The summed E-state index contributed by atoms with van der Waals surface area (Å²) in [5.41, 5.74) is 14.0. The summed E-state index contributed by atoms with van der Waals surface area (Å²) in [6.45, 7) is 0.417. The number of carboxylic acids is 1. The summed E-state index contributed by atoms with van der Waals surface area (Å²) >= 11 is 1.47. The highest BCUT2D eigenvalue weighted by Crippen LogP contribution is 2.19. The third-order valence-electron chi connectivity index (χ3n) is 6.87. The first-order chi connectivity index (χ1) is 20.2. The van der Waals surface area contributed by atoms with Crippen molar-refractivity contribution in [3.63, 3.8) is 0 Å². The van der Waals surface area contributed by atoms with E-state index in [2.05, 4.69) is 30.9 Å². The van der Waals surface area contributed by atoms with Gasteiger partial charge in [0.2, 0.25) is 17.7 Å². The number of nitrogens with zero attached hydrogens (tertiary/aromatic N) is 1. The van der Waals surface area contributed by atoms with Gasteiger partial charge in [-0.2, -0.15) is 11.8 Å². The lowest BCUT2D eigenvalue weighted by Gasteiger charge is -2.25. The standard InChI is InChI=1S/C28H40N8O5S/c1-42-11-9-23(28(40)41)35-27(39)24(12-17-14-32-21-7-3-2-6-19(17)21)36-26(38)22(8-4-5-10-29)34-25(37)20(30)13-18-15-31-16-33-18/h2-3,6-7,14-16,20,22-24,32H,4-5,8-13,29-30H2,1H3,(H,31,33)(H,34,37)(H,35,39)(H,36,38)(H,40,41). The fraction of sp³-hybridized carbons (Fsp3) is 0.464. The number of amides is 3. The molecule has 228 valence electrons. The van der Waals surface area contributed by atoms with Gasteiger partial charge in [0, 0.05) is 41.8 Å². The predicted octanol–water partition coefficient (Wildman–Crippen LogP) is 0.425. The molecule has 1 aromatic carbocycles. The van der Waals surface area contributed by atoms with E-state index < -0.39 is 47.9 Å². The van der Waals surface area contributed by atoms with Crippen molar-refractivity contribution in [1.82, 2.24) is 30.9 Å². The molecule has 42 heavy (non-hydrogen) atoms. The minimum atomic E-state index is -1.16. The fourth-order valence-corrected chi connectivity index (χ4v) is 5.01. The molecule has 0 fully saturated rings. The van der Waals surface area contributed by atoms with Crippen molar-refractivity contribution in [2.24, 2.45) is 11.5 Å². The van der Waals surface area contributed by atoms with Crippen LogP contribution in [0.15, 0.2) is 43.0 Å². The molecule has 10 N–H and O–H groups in total. The Hall–Kier alpha value is -3.88. The van der Waals surface area contributed by atoms with E-state index >= 15 is 0 Å². The summed E-state index contributed by atoms with van der Waals surface area (Å²) in [6.07, 6.45) is 8.64. The highest BCUT2D eigenvalue weighted by Gasteiger charge is 2.31. The van der Waals surface area contributed by atoms with Gasteiger partial charge in [-0.1, -0.05) is 18.2 Å². The lowest BCUT2D eigenvalue weighted by Crippen LogP contribution is -2.57. The summed E-state index contributed by atoms with van der Waals surface area (Å²) in [4.78, 5) is 61.8. The number of nitrogens with one attached hydrogen (secondary N) is 5. The van der Waals surface area contributed by atoms with E-state index in [0.717, 1.165) is 16.5 Å². The number of aliphatic carboxylic acids is 1. The smallest absolute Gasteiger partial charge is 0.326 e. The average molecular weight is 601 g/mol. The first-order valence-electron chi connectivity index (χ1n) is 13.8. The molecule has 13 nitrogen and oxygen atoms in total. The van der Waals surface area contributed by atoms with Gasteiger partial charge in [-0.3, -0.25) is 14.4 Å². The number of H-pyrrole nitrogens is 2. The number of aromatic amines is 2. The quantitative estimate of drug-likeness (QED) is 0.0947. The van der Waals surface area contributed by atoms with Gasteiger partial charge in [0.1, 0.15) is 18.1 Å². The summed E-state index contributed by atoms with van der Waals surface area (Å²) in [5.74, 6) is -2.37. The van der Waals surface area contributed by atoms with Crippen LogP contribution in [0.5, 0.6) is 0 Å². The van der Waals surface area contributed by atoms with Crippen molar-refractivity contribution in [3.05, 3.63) is 54.2 Å². The van der Waals surface area contributed by atoms with E-state index in [1.54, 1.807) is 12.4 Å². The van der Waals surface area contributed by atoms with Gasteiger partial charge in [-0.05, 0) is 55.9 Å². The maximum atomic E-state index is 13.6. The van der Waals surface area contributed by atoms with Gasteiger partial charge in [0.05, 0.1) is 12.4 Å². The Morgan fingerprint density at radius 2 is 1.67 bits per heavy atom. The molecule has 2 aromatic heterocycles. The molecule has 3 aromatic rings. The zero-order chi connectivity index (χ0) is 30.5. The molecule has 0 aliphatic rings. The number of para-hydroxylation sites is 1. The molecular formula is C28H40N8O5S. The second-order valence-corrected chi connectivity index (χ2v) is 11.0. The van der Waals surface area contributed by atoms with Crippen LogP contribution in [0.3, 0.4) is 0 Å². The minimum absolute atomic E-state index is 0.0965. The predicted molar refractivity (Wildman–Crippen MR) is 162 cm³/mol. The highest BCUT2D eigenvalue weighted by atomic mass is 32.2. The Morgan fingerprint density at radius 3 is 2.36 bits per heavy atom. The van der Waals surface area contributed by atoms with Gasteiger partial charge < -0.3 is 42.5 Å². The summed E-state index contributed by atoms with van der Waals surface area (Å²) in [5, 5.41) is 18.6. The monoisotopic (exact) mass is 600 g/mol. The Labute approximate surface area is 248 Å². The molecule has 2 heterocycles. The van der Waals surface area contributed by atoms with Gasteiger partial charge in [0.15, 0.2) is 0 Å². The lowest BCUT2D eigenvalue weighted by molar-refractivity contribution is -0.142. The number of unbranched alkanes of at least 4 members (excludes halogenated alkanes) is 1. The Balaban J connectivity index is 1.81. The average Bonchev–Trinajstić information content (AvgIpc) is 3.64. The van der Waals surface area contributed by atoms with Gasteiger partial charge in [-0.25, -0.2) is 9.78 Å². The van der Waals surface area contributed by atoms with E-state index in [4.69, 9.17) is 11.5 Å². The van der Waals surface area contributed by atoms with Crippen molar-refractivity contribution >= 4 is 46.4 Å². The van der Waals surface area contributed by atoms with Gasteiger partial charge >= 0.3 is 5.97 Å². The third-order valence-corrected chi connectivity index (χ3v) is 7.51. The Morgan fingerprint density at radius 1 is 0.952 bits per heavy atom. The molecule has 4 unspecified atom stereocenters. The SMILES string of the molecule is CSCCC(NC(=O)C(Cc1c[nH]c2ccccc12)NC(=O)C(CCCCN)NC(=O)C(N)Cc1cnc[nH]1)C(=O)O. The number of nitrogens with two attached hydrogens (primary N) is 2. The molecule has 0 saturated carbocycles. The highest BCUT2D eigenvalue weighted by molar-refractivity contribution is 7.98. The molecule has 3 rings (SSSR count). The number of thioether (sulfide) groups is 1. The topological polar surface area (TPSA) is 221 Å². The zero-order valence-corrected chi connectivity index (χ0v) is 24.4. The van der Waals surface area contributed by atoms with E-state index in [1.165, 1.54) is 18.1 Å².